The van der Waals surface area contributed by atoms with Gasteiger partial charge in [0.25, 0.3) is 0 Å². The van der Waals surface area contributed by atoms with E-state index < -0.39 is 0 Å². The second kappa shape index (κ2) is 5.14. The van der Waals surface area contributed by atoms with Gasteiger partial charge in [0.2, 0.25) is 0 Å². The summed E-state index contributed by atoms with van der Waals surface area (Å²) in [4.78, 5) is 10.6. The molecule has 1 unspecified atom stereocenters. The Bertz CT molecular complexity index is 472. The monoisotopic (exact) mass is 245 g/mol. The van der Waals surface area contributed by atoms with E-state index in [0.29, 0.717) is 6.61 Å². The van der Waals surface area contributed by atoms with Crippen molar-refractivity contribution >= 4 is 5.82 Å². The first-order chi connectivity index (χ1) is 8.92. The first-order valence-corrected chi connectivity index (χ1v) is 6.02. The van der Waals surface area contributed by atoms with E-state index in [1.165, 1.54) is 0 Å². The van der Waals surface area contributed by atoms with Gasteiger partial charge in [-0.1, -0.05) is 0 Å². The minimum absolute atomic E-state index is 0.139. The van der Waals surface area contributed by atoms with Crippen LogP contribution < -0.4 is 4.90 Å². The molecule has 6 heteroatoms. The Labute approximate surface area is 105 Å². The molecule has 0 aromatic carbocycles. The van der Waals surface area contributed by atoms with Gasteiger partial charge >= 0.3 is 0 Å². The summed E-state index contributed by atoms with van der Waals surface area (Å²) >= 11 is 0. The summed E-state index contributed by atoms with van der Waals surface area (Å²) in [6.07, 6.45) is 9.06. The van der Waals surface area contributed by atoms with Crippen LogP contribution in [-0.4, -0.2) is 45.5 Å². The van der Waals surface area contributed by atoms with Crippen LogP contribution in [0.3, 0.4) is 0 Å². The topological polar surface area (TPSA) is 56.1 Å². The molecule has 1 atom stereocenters. The Morgan fingerprint density at radius 3 is 3.11 bits per heavy atom. The van der Waals surface area contributed by atoms with Crippen molar-refractivity contribution in [1.82, 2.24) is 19.7 Å². The highest BCUT2D eigenvalue weighted by atomic mass is 16.5. The van der Waals surface area contributed by atoms with E-state index in [1.807, 2.05) is 16.9 Å². The molecule has 2 aromatic rings. The zero-order chi connectivity index (χ0) is 12.2. The maximum absolute atomic E-state index is 5.75. The summed E-state index contributed by atoms with van der Waals surface area (Å²) in [5.74, 6) is 0.909. The van der Waals surface area contributed by atoms with E-state index in [9.17, 15) is 0 Å². The Hall–Kier alpha value is -1.95. The van der Waals surface area contributed by atoms with Crippen LogP contribution in [0, 0.1) is 0 Å². The first-order valence-electron chi connectivity index (χ1n) is 6.02. The molecule has 0 spiro atoms. The molecule has 1 aliphatic rings. The SMILES string of the molecule is c1cnn(CC2CN(c3cnccn3)CCO2)c1. The van der Waals surface area contributed by atoms with Gasteiger partial charge in [-0.25, -0.2) is 4.98 Å². The highest BCUT2D eigenvalue weighted by Gasteiger charge is 2.21. The van der Waals surface area contributed by atoms with Crippen molar-refractivity contribution < 1.29 is 4.74 Å². The fraction of sp³-hybridized carbons (Fsp3) is 0.417. The fourth-order valence-corrected chi connectivity index (χ4v) is 2.11. The third-order valence-electron chi connectivity index (χ3n) is 2.96. The van der Waals surface area contributed by atoms with Crippen LogP contribution in [0.25, 0.3) is 0 Å². The molecule has 0 aliphatic carbocycles. The molecular formula is C12H15N5O. The summed E-state index contributed by atoms with van der Waals surface area (Å²) in [6.45, 7) is 3.15. The number of hydrogen-bond acceptors (Lipinski definition) is 5. The number of anilines is 1. The van der Waals surface area contributed by atoms with Crippen molar-refractivity contribution in [2.45, 2.75) is 12.6 Å². The van der Waals surface area contributed by atoms with Gasteiger partial charge in [-0.15, -0.1) is 0 Å². The van der Waals surface area contributed by atoms with Crippen molar-refractivity contribution in [3.63, 3.8) is 0 Å². The van der Waals surface area contributed by atoms with Crippen molar-refractivity contribution in [3.05, 3.63) is 37.1 Å². The number of ether oxygens (including phenoxy) is 1. The van der Waals surface area contributed by atoms with Crippen LogP contribution >= 0.6 is 0 Å². The smallest absolute Gasteiger partial charge is 0.147 e. The molecule has 1 saturated heterocycles. The van der Waals surface area contributed by atoms with Crippen LogP contribution in [0.5, 0.6) is 0 Å². The molecule has 3 heterocycles. The van der Waals surface area contributed by atoms with Crippen molar-refractivity contribution in [2.24, 2.45) is 0 Å². The van der Waals surface area contributed by atoms with Gasteiger partial charge < -0.3 is 9.64 Å². The van der Waals surface area contributed by atoms with E-state index in [2.05, 4.69) is 20.0 Å². The van der Waals surface area contributed by atoms with Crippen LogP contribution in [0.1, 0.15) is 0 Å². The molecule has 0 bridgehead atoms. The Morgan fingerprint density at radius 2 is 2.33 bits per heavy atom. The summed E-state index contributed by atoms with van der Waals surface area (Å²) in [5, 5.41) is 4.20. The molecule has 1 aliphatic heterocycles. The van der Waals surface area contributed by atoms with Gasteiger partial charge in [0.1, 0.15) is 5.82 Å². The molecule has 6 nitrogen and oxygen atoms in total. The third-order valence-corrected chi connectivity index (χ3v) is 2.96. The predicted octanol–water partition coefficient (Wildman–Crippen LogP) is 0.578. The number of morpholine rings is 1. The lowest BCUT2D eigenvalue weighted by atomic mass is 10.2. The average Bonchev–Trinajstić information content (AvgIpc) is 2.93. The van der Waals surface area contributed by atoms with Gasteiger partial charge in [0, 0.05) is 37.9 Å². The Kier molecular flexibility index (Phi) is 3.18. The van der Waals surface area contributed by atoms with Crippen molar-refractivity contribution in [3.8, 4) is 0 Å². The first kappa shape index (κ1) is 11.2. The molecule has 0 N–H and O–H groups in total. The third kappa shape index (κ3) is 2.48. The normalized spacial score (nSPS) is 20.0. The number of nitrogens with zero attached hydrogens (tertiary/aromatic N) is 5. The largest absolute Gasteiger partial charge is 0.373 e. The molecule has 3 rings (SSSR count). The van der Waals surface area contributed by atoms with E-state index in [0.717, 1.165) is 25.5 Å². The minimum Gasteiger partial charge on any atom is -0.373 e. The molecule has 18 heavy (non-hydrogen) atoms. The molecule has 0 radical (unpaired) electrons. The van der Waals surface area contributed by atoms with E-state index in [1.54, 1.807) is 24.8 Å². The zero-order valence-corrected chi connectivity index (χ0v) is 10.0. The molecule has 0 amide bonds. The van der Waals surface area contributed by atoms with Crippen LogP contribution in [0.15, 0.2) is 37.1 Å². The van der Waals surface area contributed by atoms with Crippen LogP contribution in [0.2, 0.25) is 0 Å². The van der Waals surface area contributed by atoms with Gasteiger partial charge in [-0.05, 0) is 6.07 Å². The highest BCUT2D eigenvalue weighted by Crippen LogP contribution is 2.14. The zero-order valence-electron chi connectivity index (χ0n) is 10.0. The number of hydrogen-bond donors (Lipinski definition) is 0. The van der Waals surface area contributed by atoms with E-state index in [4.69, 9.17) is 4.74 Å². The van der Waals surface area contributed by atoms with Gasteiger partial charge in [-0.2, -0.15) is 5.10 Å². The maximum Gasteiger partial charge on any atom is 0.147 e. The maximum atomic E-state index is 5.75. The van der Waals surface area contributed by atoms with Gasteiger partial charge in [0.15, 0.2) is 0 Å². The Morgan fingerprint density at radius 1 is 1.33 bits per heavy atom. The average molecular weight is 245 g/mol. The van der Waals surface area contributed by atoms with Crippen LogP contribution in [0.4, 0.5) is 5.82 Å². The van der Waals surface area contributed by atoms with Crippen molar-refractivity contribution in [1.29, 1.82) is 0 Å². The molecule has 94 valence electrons. The lowest BCUT2D eigenvalue weighted by Gasteiger charge is -2.33. The van der Waals surface area contributed by atoms with Gasteiger partial charge in [-0.3, -0.25) is 9.67 Å². The molecule has 0 saturated carbocycles. The summed E-state index contributed by atoms with van der Waals surface area (Å²) in [6, 6.07) is 1.92. The van der Waals surface area contributed by atoms with Crippen LogP contribution in [-0.2, 0) is 11.3 Å². The number of rotatable bonds is 3. The summed E-state index contributed by atoms with van der Waals surface area (Å²) in [7, 11) is 0. The second-order valence-corrected chi connectivity index (χ2v) is 4.23. The molecular weight excluding hydrogens is 230 g/mol. The predicted molar refractivity (Wildman–Crippen MR) is 66.2 cm³/mol. The van der Waals surface area contributed by atoms with Gasteiger partial charge in [0.05, 0.1) is 25.5 Å². The molecule has 2 aromatic heterocycles. The minimum atomic E-state index is 0.139. The van der Waals surface area contributed by atoms with E-state index in [-0.39, 0.29) is 6.10 Å². The number of aromatic nitrogens is 4. The molecule has 1 fully saturated rings. The Balaban J connectivity index is 1.65. The lowest BCUT2D eigenvalue weighted by Crippen LogP contribution is -2.44. The summed E-state index contributed by atoms with van der Waals surface area (Å²) < 4.78 is 7.65. The summed E-state index contributed by atoms with van der Waals surface area (Å²) in [5.41, 5.74) is 0. The second-order valence-electron chi connectivity index (χ2n) is 4.23. The quantitative estimate of drug-likeness (QED) is 0.791. The fourth-order valence-electron chi connectivity index (χ4n) is 2.11. The lowest BCUT2D eigenvalue weighted by molar-refractivity contribution is 0.0271. The standard InChI is InChI=1S/C12H15N5O/c1-2-15-17(5-1)10-11-9-16(6-7-18-11)12-8-13-3-4-14-12/h1-5,8,11H,6-7,9-10H2. The highest BCUT2D eigenvalue weighted by molar-refractivity contribution is 5.35. The van der Waals surface area contributed by atoms with Crippen molar-refractivity contribution in [2.75, 3.05) is 24.6 Å². The van der Waals surface area contributed by atoms with E-state index >= 15 is 0 Å².